The Balaban J connectivity index is 0. The molecule has 0 spiro atoms. The maximum absolute atomic E-state index is 9.27. The Kier molecular flexibility index (Phi) is 12.5. The van der Waals surface area contributed by atoms with Crippen molar-refractivity contribution in [1.82, 2.24) is 0 Å². The Morgan fingerprint density at radius 1 is 1.40 bits per heavy atom. The van der Waals surface area contributed by atoms with Gasteiger partial charge in [0, 0.05) is 26.2 Å². The van der Waals surface area contributed by atoms with Gasteiger partial charge in [0.25, 0.3) is 0 Å². The average Bonchev–Trinajstić information content (AvgIpc) is 0.811. The minimum absolute atomic E-state index is 0. The zero-order valence-electron chi connectivity index (χ0n) is 2.16. The number of halogens is 2. The van der Waals surface area contributed by atoms with Gasteiger partial charge in [0.05, 0.1) is 0 Å². The molecule has 0 fully saturated rings. The molecule has 0 aromatic carbocycles. The third kappa shape index (κ3) is 23.0. The monoisotopic (exact) mass is 356 g/mol. The minimum atomic E-state index is -2.96. The van der Waals surface area contributed by atoms with Crippen LogP contribution in [0.5, 0.6) is 0 Å². The van der Waals surface area contributed by atoms with E-state index in [-0.39, 0.29) is 26.2 Å². The summed E-state index contributed by atoms with van der Waals surface area (Å²) in [4.78, 5) is 0. The molecule has 0 unspecified atom stereocenters. The summed E-state index contributed by atoms with van der Waals surface area (Å²) in [6.45, 7) is 0. The molecule has 0 N–H and O–H groups in total. The molecule has 0 saturated heterocycles. The fourth-order valence-corrected chi connectivity index (χ4v) is 0. The van der Waals surface area contributed by atoms with Crippen molar-refractivity contribution < 1.29 is 48.1 Å². The molecule has 0 bridgehead atoms. The smallest absolute Gasteiger partial charge is 0 e. The van der Waals surface area contributed by atoms with Crippen LogP contribution >= 0.6 is 17.2 Å². The molecule has 5 heteroatoms. The Bertz CT molecular complexity index is 32.6. The van der Waals surface area contributed by atoms with Gasteiger partial charge in [-0.05, 0) is 0 Å². The molecule has 5 heavy (non-hydrogen) atoms. The summed E-state index contributed by atoms with van der Waals surface area (Å²) in [5.74, 6) is 0. The molecular weight excluding hydrogens is 357 g/mol. The quantitative estimate of drug-likeness (QED) is 0.597. The SMILES string of the molecule is [O]=[Hf]([Cl])[Cl].[Zr]. The number of hydrogen-bond donors (Lipinski definition) is 0. The van der Waals surface area contributed by atoms with Crippen molar-refractivity contribution in [2.75, 3.05) is 0 Å². The van der Waals surface area contributed by atoms with E-state index in [2.05, 4.69) is 0 Å². The van der Waals surface area contributed by atoms with E-state index in [9.17, 15) is 2.85 Å². The van der Waals surface area contributed by atoms with Gasteiger partial charge < -0.3 is 0 Å². The van der Waals surface area contributed by atoms with Crippen molar-refractivity contribution in [3.05, 3.63) is 0 Å². The molecule has 0 aromatic heterocycles. The topological polar surface area (TPSA) is 17.1 Å². The van der Waals surface area contributed by atoms with Crippen LogP contribution in [0.3, 0.4) is 0 Å². The maximum atomic E-state index is 9.27. The minimum Gasteiger partial charge on any atom is 0 e. The van der Waals surface area contributed by atoms with Crippen LogP contribution in [0.15, 0.2) is 0 Å². The van der Waals surface area contributed by atoms with E-state index in [1.807, 2.05) is 0 Å². The summed E-state index contributed by atoms with van der Waals surface area (Å²) < 4.78 is 9.27. The van der Waals surface area contributed by atoms with E-state index in [0.717, 1.165) is 0 Å². The van der Waals surface area contributed by atoms with Crippen LogP contribution in [0.1, 0.15) is 0 Å². The van der Waals surface area contributed by atoms with Gasteiger partial charge in [0.15, 0.2) is 0 Å². The fourth-order valence-electron chi connectivity index (χ4n) is 0. The van der Waals surface area contributed by atoms with Gasteiger partial charge in [-0.15, -0.1) is 0 Å². The molecule has 0 atom stereocenters. The van der Waals surface area contributed by atoms with Crippen LogP contribution < -0.4 is 0 Å². The molecule has 0 aliphatic carbocycles. The second-order valence-electron chi connectivity index (χ2n) is 0.226. The van der Waals surface area contributed by atoms with Crippen molar-refractivity contribution in [3.63, 3.8) is 0 Å². The van der Waals surface area contributed by atoms with Gasteiger partial charge in [0.2, 0.25) is 0 Å². The van der Waals surface area contributed by atoms with Crippen LogP contribution in [0.4, 0.5) is 0 Å². The second-order valence-corrected chi connectivity index (χ2v) is 9.05. The normalized spacial score (nSPS) is 5.20. The van der Waals surface area contributed by atoms with Crippen LogP contribution in [0.25, 0.3) is 0 Å². The van der Waals surface area contributed by atoms with Gasteiger partial charge in [-0.1, -0.05) is 0 Å². The molecule has 0 heterocycles. The predicted molar refractivity (Wildman–Crippen MR) is 12.4 cm³/mol. The summed E-state index contributed by atoms with van der Waals surface area (Å²) in [5.41, 5.74) is 0. The van der Waals surface area contributed by atoms with Gasteiger partial charge in [0.1, 0.15) is 0 Å². The van der Waals surface area contributed by atoms with E-state index in [1.165, 1.54) is 0 Å². The Labute approximate surface area is 64.3 Å². The van der Waals surface area contributed by atoms with Gasteiger partial charge >= 0.3 is 39.1 Å². The zero-order valence-corrected chi connectivity index (χ0v) is 9.73. The molecule has 0 rings (SSSR count). The van der Waals surface area contributed by atoms with E-state index in [4.69, 9.17) is 17.2 Å². The molecule has 1 nitrogen and oxygen atoms in total. The molecule has 0 aliphatic rings. The van der Waals surface area contributed by atoms with Crippen molar-refractivity contribution in [1.29, 1.82) is 0 Å². The zero-order chi connectivity index (χ0) is 3.58. The summed E-state index contributed by atoms with van der Waals surface area (Å²) in [7, 11) is 9.40. The van der Waals surface area contributed by atoms with Gasteiger partial charge in [-0.2, -0.15) is 0 Å². The molecule has 28 valence electrons. The van der Waals surface area contributed by atoms with E-state index < -0.39 is 19.1 Å². The summed E-state index contributed by atoms with van der Waals surface area (Å²) in [6, 6.07) is 0. The Hall–Kier alpha value is 2.13. The fraction of sp³-hybridized carbons (Fsp3) is 0. The van der Waals surface area contributed by atoms with Gasteiger partial charge in [-0.25, -0.2) is 0 Å². The predicted octanol–water partition coefficient (Wildman–Crippen LogP) is 1.26. The van der Waals surface area contributed by atoms with Crippen LogP contribution in [-0.2, 0) is 48.1 Å². The van der Waals surface area contributed by atoms with Crippen LogP contribution in [0, 0.1) is 0 Å². The average molecular weight is 357 g/mol. The molecule has 0 amide bonds. The van der Waals surface area contributed by atoms with E-state index in [0.29, 0.717) is 0 Å². The number of hydrogen-bond acceptors (Lipinski definition) is 1. The molecule has 0 aromatic rings. The van der Waals surface area contributed by atoms with Crippen molar-refractivity contribution in [2.24, 2.45) is 0 Å². The first-order chi connectivity index (χ1) is 1.73. The largest absolute Gasteiger partial charge is 0 e. The first-order valence-electron chi connectivity index (χ1n) is 0.582. The second kappa shape index (κ2) is 6.13. The van der Waals surface area contributed by atoms with Crippen LogP contribution in [-0.4, -0.2) is 0 Å². The molecular formula is Cl2HfOZr. The first-order valence-corrected chi connectivity index (χ1v) is 11.0. The standard InChI is InChI=1S/2ClH.Hf.O.Zr/h2*1H;;;/q;;+2;;/p-2. The van der Waals surface area contributed by atoms with E-state index >= 15 is 0 Å². The first kappa shape index (κ1) is 10.2. The summed E-state index contributed by atoms with van der Waals surface area (Å²) in [6.07, 6.45) is 0. The van der Waals surface area contributed by atoms with Crippen molar-refractivity contribution in [3.8, 4) is 0 Å². The summed E-state index contributed by atoms with van der Waals surface area (Å²) >= 11 is -2.96. The number of rotatable bonds is 0. The Morgan fingerprint density at radius 2 is 1.40 bits per heavy atom. The summed E-state index contributed by atoms with van der Waals surface area (Å²) in [5, 5.41) is 0. The van der Waals surface area contributed by atoms with Crippen molar-refractivity contribution >= 4 is 17.2 Å². The third-order valence-electron chi connectivity index (χ3n) is 0. The molecule has 0 aliphatic heterocycles. The molecule has 0 radical (unpaired) electrons. The van der Waals surface area contributed by atoms with E-state index in [1.54, 1.807) is 0 Å². The van der Waals surface area contributed by atoms with Crippen LogP contribution in [0.2, 0.25) is 0 Å². The Morgan fingerprint density at radius 3 is 1.40 bits per heavy atom. The molecule has 0 saturated carbocycles. The maximum Gasteiger partial charge on any atom is 0 e. The van der Waals surface area contributed by atoms with Crippen molar-refractivity contribution in [2.45, 2.75) is 0 Å². The third-order valence-corrected chi connectivity index (χ3v) is 0. The van der Waals surface area contributed by atoms with Gasteiger partial charge in [-0.3, -0.25) is 0 Å².